The number of benzene rings is 5. The van der Waals surface area contributed by atoms with Gasteiger partial charge in [-0.2, -0.15) is 0 Å². The van der Waals surface area contributed by atoms with Gasteiger partial charge in [0.25, 0.3) is 0 Å². The van der Waals surface area contributed by atoms with Crippen LogP contribution in [0.2, 0.25) is 0 Å². The first-order chi connectivity index (χ1) is 19.4. The highest BCUT2D eigenvalue weighted by atomic mass is 35.6. The highest BCUT2D eigenvalue weighted by Crippen LogP contribution is 2.21. The lowest BCUT2D eigenvalue weighted by Gasteiger charge is -2.29. The maximum Gasteiger partial charge on any atom is 0.247 e. The minimum atomic E-state index is -2.86. The lowest BCUT2D eigenvalue weighted by molar-refractivity contribution is 1.09. The molecule has 0 amide bonds. The second kappa shape index (κ2) is 12.4. The molecule has 0 fully saturated rings. The van der Waals surface area contributed by atoms with Crippen LogP contribution in [0.3, 0.4) is 0 Å². The van der Waals surface area contributed by atoms with E-state index in [0.717, 1.165) is 25.7 Å². The summed E-state index contributed by atoms with van der Waals surface area (Å²) < 4.78 is 0. The van der Waals surface area contributed by atoms with E-state index in [-0.39, 0.29) is 0 Å². The smallest absolute Gasteiger partial charge is 0.149 e. The zero-order chi connectivity index (χ0) is 28.1. The first-order valence-electron chi connectivity index (χ1n) is 14.5. The van der Waals surface area contributed by atoms with Crippen LogP contribution < -0.4 is 15.6 Å². The van der Waals surface area contributed by atoms with Crippen molar-refractivity contribution in [2.75, 3.05) is 0 Å². The van der Waals surface area contributed by atoms with Gasteiger partial charge >= 0.3 is 0 Å². The predicted molar refractivity (Wildman–Crippen MR) is 177 cm³/mol. The summed E-state index contributed by atoms with van der Waals surface area (Å²) in [6, 6.07) is 42.8. The summed E-state index contributed by atoms with van der Waals surface area (Å²) in [6.07, 6.45) is 3.78. The van der Waals surface area contributed by atoms with Crippen molar-refractivity contribution in [1.82, 2.24) is 0 Å². The van der Waals surface area contributed by atoms with E-state index in [1.165, 1.54) is 60.1 Å². The van der Waals surface area contributed by atoms with E-state index in [4.69, 9.17) is 11.1 Å². The third-order valence-electron chi connectivity index (χ3n) is 7.84. The fourth-order valence-electron chi connectivity index (χ4n) is 5.87. The van der Waals surface area contributed by atoms with Gasteiger partial charge in [0.1, 0.15) is 0 Å². The molecular weight excluding hydrogens is 520 g/mol. The first kappa shape index (κ1) is 28.1. The Kier molecular flexibility index (Phi) is 8.74. The molecule has 0 spiro atoms. The van der Waals surface area contributed by atoms with Crippen molar-refractivity contribution in [3.8, 4) is 0 Å². The van der Waals surface area contributed by atoms with Crippen molar-refractivity contribution in [2.24, 2.45) is 0 Å². The molecule has 0 N–H and O–H groups in total. The van der Waals surface area contributed by atoms with E-state index in [1.54, 1.807) is 0 Å². The Bertz CT molecular complexity index is 1490. The van der Waals surface area contributed by atoms with Gasteiger partial charge in [0.15, 0.2) is 0 Å². The molecule has 0 aliphatic heterocycles. The molecule has 5 aromatic rings. The van der Waals surface area contributed by atoms with Gasteiger partial charge in [-0.3, -0.25) is 0 Å². The van der Waals surface area contributed by atoms with Crippen LogP contribution in [-0.2, 0) is 25.7 Å². The van der Waals surface area contributed by atoms with Crippen molar-refractivity contribution >= 4 is 34.0 Å². The first-order valence-corrected chi connectivity index (χ1v) is 17.5. The normalized spacial score (nSPS) is 12.7. The van der Waals surface area contributed by atoms with E-state index in [9.17, 15) is 0 Å². The van der Waals surface area contributed by atoms with Gasteiger partial charge in [-0.05, 0) is 88.5 Å². The van der Waals surface area contributed by atoms with Gasteiger partial charge in [0.2, 0.25) is 7.38 Å². The molecule has 0 bridgehead atoms. The standard InChI is InChI=1S/C38H39ClSi/c1-5-30-20-31(6-2)25-37(24-30)40(39,36-18-28(3)17-29(4)19-36)38-26-34(21-32-13-9-7-10-14-32)23-35(27-38)22-33-15-11-8-12-16-33/h7-20,23-27H,5-6,21-22H2,1-4H3. The summed E-state index contributed by atoms with van der Waals surface area (Å²) >= 11 is 8.21. The fraction of sp³-hybridized carbons (Fsp3) is 0.211. The number of aryl methyl sites for hydroxylation is 4. The topological polar surface area (TPSA) is 0 Å². The SMILES string of the molecule is CCc1cc(CC)cc([Si](Cl)(c2cc(C)cc(C)c2)c2cc(Cc3ccccc3)cc(Cc3ccccc3)c2)c1. The average molecular weight is 559 g/mol. The van der Waals surface area contributed by atoms with Gasteiger partial charge in [-0.25, -0.2) is 0 Å². The molecule has 0 nitrogen and oxygen atoms in total. The quantitative estimate of drug-likeness (QED) is 0.0982. The van der Waals surface area contributed by atoms with Crippen molar-refractivity contribution in [3.63, 3.8) is 0 Å². The number of hydrogen-bond donors (Lipinski definition) is 0. The minimum absolute atomic E-state index is 0.889. The van der Waals surface area contributed by atoms with E-state index in [0.29, 0.717) is 0 Å². The average Bonchev–Trinajstić information content (AvgIpc) is 2.96. The molecule has 0 aromatic heterocycles. The molecule has 0 heterocycles. The molecule has 0 aliphatic rings. The molecule has 0 saturated carbocycles. The summed E-state index contributed by atoms with van der Waals surface area (Å²) in [6.45, 7) is 8.86. The fourth-order valence-corrected chi connectivity index (χ4v) is 10.2. The summed E-state index contributed by atoms with van der Waals surface area (Å²) in [5.74, 6) is 0. The molecule has 0 radical (unpaired) electrons. The molecule has 1 unspecified atom stereocenters. The second-order valence-corrected chi connectivity index (χ2v) is 15.9. The maximum atomic E-state index is 8.21. The summed E-state index contributed by atoms with van der Waals surface area (Å²) in [5, 5.41) is 3.83. The molecule has 40 heavy (non-hydrogen) atoms. The minimum Gasteiger partial charge on any atom is -0.149 e. The van der Waals surface area contributed by atoms with Crippen molar-refractivity contribution in [1.29, 1.82) is 0 Å². The lowest BCUT2D eigenvalue weighted by Crippen LogP contribution is -2.63. The van der Waals surface area contributed by atoms with Gasteiger partial charge in [-0.15, -0.1) is 11.1 Å². The van der Waals surface area contributed by atoms with Crippen LogP contribution in [0.25, 0.3) is 0 Å². The monoisotopic (exact) mass is 558 g/mol. The number of hydrogen-bond acceptors (Lipinski definition) is 0. The lowest BCUT2D eigenvalue weighted by atomic mass is 9.99. The van der Waals surface area contributed by atoms with Crippen LogP contribution in [0, 0.1) is 13.8 Å². The highest BCUT2D eigenvalue weighted by Gasteiger charge is 2.39. The highest BCUT2D eigenvalue weighted by molar-refractivity contribution is 7.40. The number of rotatable bonds is 9. The van der Waals surface area contributed by atoms with Gasteiger partial charge in [-0.1, -0.05) is 140 Å². The largest absolute Gasteiger partial charge is 0.247 e. The Labute approximate surface area is 246 Å². The molecule has 5 rings (SSSR count). The zero-order valence-electron chi connectivity index (χ0n) is 24.2. The molecule has 202 valence electrons. The Morgan fingerprint density at radius 1 is 0.450 bits per heavy atom. The Hall–Kier alpha value is -3.39. The van der Waals surface area contributed by atoms with Crippen LogP contribution in [0.4, 0.5) is 0 Å². The Morgan fingerprint density at radius 2 is 0.825 bits per heavy atom. The van der Waals surface area contributed by atoms with Gasteiger partial charge in [0, 0.05) is 0 Å². The van der Waals surface area contributed by atoms with Crippen LogP contribution in [-0.4, -0.2) is 7.38 Å². The van der Waals surface area contributed by atoms with Gasteiger partial charge < -0.3 is 0 Å². The Morgan fingerprint density at radius 3 is 1.25 bits per heavy atom. The van der Waals surface area contributed by atoms with Crippen molar-refractivity contribution in [2.45, 2.75) is 53.4 Å². The maximum absolute atomic E-state index is 8.21. The third kappa shape index (κ3) is 6.33. The van der Waals surface area contributed by atoms with E-state index in [2.05, 4.69) is 143 Å². The molecule has 0 saturated heterocycles. The van der Waals surface area contributed by atoms with Crippen LogP contribution in [0.15, 0.2) is 115 Å². The van der Waals surface area contributed by atoms with Crippen molar-refractivity contribution in [3.05, 3.63) is 160 Å². The van der Waals surface area contributed by atoms with E-state index < -0.39 is 7.38 Å². The molecule has 1 atom stereocenters. The van der Waals surface area contributed by atoms with Gasteiger partial charge in [0.05, 0.1) is 0 Å². The molecule has 5 aromatic carbocycles. The summed E-state index contributed by atoms with van der Waals surface area (Å²) in [7, 11) is -2.86. The molecule has 0 aliphatic carbocycles. The van der Waals surface area contributed by atoms with E-state index >= 15 is 0 Å². The van der Waals surface area contributed by atoms with E-state index in [1.807, 2.05) is 0 Å². The molecule has 2 heteroatoms. The Balaban J connectivity index is 1.75. The van der Waals surface area contributed by atoms with Crippen LogP contribution in [0.5, 0.6) is 0 Å². The van der Waals surface area contributed by atoms with Crippen molar-refractivity contribution < 1.29 is 0 Å². The number of halogens is 1. The third-order valence-corrected chi connectivity index (χ3v) is 13.1. The zero-order valence-corrected chi connectivity index (χ0v) is 25.9. The summed E-state index contributed by atoms with van der Waals surface area (Å²) in [5.41, 5.74) is 10.5. The summed E-state index contributed by atoms with van der Waals surface area (Å²) in [4.78, 5) is 0. The molecular formula is C38H39ClSi. The second-order valence-electron chi connectivity index (χ2n) is 11.1. The predicted octanol–water partition coefficient (Wildman–Crippen LogP) is 7.82. The van der Waals surface area contributed by atoms with Crippen LogP contribution in [0.1, 0.15) is 58.4 Å². The van der Waals surface area contributed by atoms with Crippen LogP contribution >= 0.6 is 11.1 Å².